The van der Waals surface area contributed by atoms with Gasteiger partial charge in [-0.15, -0.1) is 0 Å². The second-order valence-electron chi connectivity index (χ2n) is 5.44. The molecule has 0 bridgehead atoms. The summed E-state index contributed by atoms with van der Waals surface area (Å²) in [6.07, 6.45) is -3.59. The maximum atomic E-state index is 13.8. The first-order valence-corrected chi connectivity index (χ1v) is 6.81. The molecule has 1 aliphatic carbocycles. The van der Waals surface area contributed by atoms with Gasteiger partial charge in [-0.1, -0.05) is 12.5 Å². The Balaban J connectivity index is 2.25. The van der Waals surface area contributed by atoms with Crippen molar-refractivity contribution in [3.05, 3.63) is 35.4 Å². The van der Waals surface area contributed by atoms with Crippen molar-refractivity contribution in [3.8, 4) is 0 Å². The third-order valence-corrected chi connectivity index (χ3v) is 4.14. The molecule has 0 radical (unpaired) electrons. The van der Waals surface area contributed by atoms with E-state index in [0.717, 1.165) is 12.1 Å². The number of benzene rings is 1. The predicted molar refractivity (Wildman–Crippen MR) is 67.9 cm³/mol. The largest absolute Gasteiger partial charge is 0.391 e. The zero-order valence-electron chi connectivity index (χ0n) is 11.3. The molecule has 1 fully saturated rings. The van der Waals surface area contributed by atoms with Gasteiger partial charge in [0.15, 0.2) is 0 Å². The highest BCUT2D eigenvalue weighted by Gasteiger charge is 2.44. The first-order chi connectivity index (χ1) is 9.84. The molecule has 1 aliphatic rings. The molecule has 0 spiro atoms. The van der Waals surface area contributed by atoms with E-state index in [9.17, 15) is 22.0 Å². The van der Waals surface area contributed by atoms with E-state index in [-0.39, 0.29) is 18.4 Å². The van der Waals surface area contributed by atoms with Crippen molar-refractivity contribution in [2.24, 2.45) is 17.7 Å². The quantitative estimate of drug-likeness (QED) is 0.506. The van der Waals surface area contributed by atoms with Gasteiger partial charge in [-0.25, -0.2) is 8.78 Å². The van der Waals surface area contributed by atoms with Crippen LogP contribution in [0.2, 0.25) is 0 Å². The van der Waals surface area contributed by atoms with Crippen molar-refractivity contribution < 1.29 is 22.0 Å². The monoisotopic (exact) mass is 308 g/mol. The van der Waals surface area contributed by atoms with Gasteiger partial charge >= 0.3 is 6.18 Å². The van der Waals surface area contributed by atoms with Crippen LogP contribution in [0.5, 0.6) is 0 Å². The minimum atomic E-state index is -4.29. The van der Waals surface area contributed by atoms with Gasteiger partial charge in [0.2, 0.25) is 0 Å². The number of hydrogen-bond acceptors (Lipinski definition) is 2. The van der Waals surface area contributed by atoms with Crippen LogP contribution in [0.1, 0.15) is 37.3 Å². The number of rotatable bonds is 3. The van der Waals surface area contributed by atoms with Crippen molar-refractivity contribution >= 4 is 0 Å². The fourth-order valence-corrected chi connectivity index (χ4v) is 3.09. The van der Waals surface area contributed by atoms with E-state index in [0.29, 0.717) is 12.8 Å². The molecule has 118 valence electrons. The summed E-state index contributed by atoms with van der Waals surface area (Å²) >= 11 is 0. The molecule has 3 unspecified atom stereocenters. The first kappa shape index (κ1) is 16.2. The average Bonchev–Trinajstić information content (AvgIpc) is 2.42. The lowest BCUT2D eigenvalue weighted by Crippen LogP contribution is -2.39. The van der Waals surface area contributed by atoms with Crippen LogP contribution in [0.25, 0.3) is 0 Å². The Bertz CT molecular complexity index is 468. The number of alkyl halides is 3. The van der Waals surface area contributed by atoms with E-state index in [2.05, 4.69) is 5.43 Å². The summed E-state index contributed by atoms with van der Waals surface area (Å²) in [4.78, 5) is 0. The van der Waals surface area contributed by atoms with E-state index in [1.54, 1.807) is 0 Å². The highest BCUT2D eigenvalue weighted by Crippen LogP contribution is 2.44. The number of halogens is 5. The summed E-state index contributed by atoms with van der Waals surface area (Å²) in [7, 11) is 0. The Morgan fingerprint density at radius 3 is 2.29 bits per heavy atom. The number of nitrogens with one attached hydrogen (secondary N) is 1. The van der Waals surface area contributed by atoms with E-state index < -0.39 is 35.7 Å². The molecule has 0 amide bonds. The molecule has 21 heavy (non-hydrogen) atoms. The van der Waals surface area contributed by atoms with Crippen LogP contribution in [0.3, 0.4) is 0 Å². The summed E-state index contributed by atoms with van der Waals surface area (Å²) in [5, 5.41) is 0. The van der Waals surface area contributed by atoms with Crippen LogP contribution >= 0.6 is 0 Å². The van der Waals surface area contributed by atoms with Gasteiger partial charge in [0.05, 0.1) is 12.0 Å². The Labute approximate surface area is 119 Å². The molecule has 7 heteroatoms. The Kier molecular flexibility index (Phi) is 4.83. The maximum absolute atomic E-state index is 13.8. The summed E-state index contributed by atoms with van der Waals surface area (Å²) in [5.74, 6) is 1.77. The van der Waals surface area contributed by atoms with Crippen molar-refractivity contribution in [2.45, 2.75) is 37.9 Å². The molecule has 1 aromatic carbocycles. The summed E-state index contributed by atoms with van der Waals surface area (Å²) in [5.41, 5.74) is 2.01. The summed E-state index contributed by atoms with van der Waals surface area (Å²) in [6.45, 7) is 0. The molecule has 3 N–H and O–H groups in total. The van der Waals surface area contributed by atoms with E-state index in [4.69, 9.17) is 5.84 Å². The minimum absolute atomic E-state index is 0.0526. The topological polar surface area (TPSA) is 38.0 Å². The molecular formula is C14H17F5N2. The molecule has 0 heterocycles. The average molecular weight is 308 g/mol. The predicted octanol–water partition coefficient (Wildman–Crippen LogP) is 3.84. The fraction of sp³-hybridized carbons (Fsp3) is 0.571. The number of nitrogens with two attached hydrogens (primary N) is 1. The Morgan fingerprint density at radius 2 is 1.76 bits per heavy atom. The third kappa shape index (κ3) is 3.52. The molecule has 0 aliphatic heterocycles. The van der Waals surface area contributed by atoms with Crippen LogP contribution in [0.4, 0.5) is 22.0 Å². The molecule has 1 aromatic rings. The zero-order valence-corrected chi connectivity index (χ0v) is 11.3. The molecule has 0 aromatic heterocycles. The van der Waals surface area contributed by atoms with Gasteiger partial charge in [0.25, 0.3) is 0 Å². The molecule has 2 nitrogen and oxygen atoms in total. The van der Waals surface area contributed by atoms with Crippen molar-refractivity contribution in [1.29, 1.82) is 0 Å². The van der Waals surface area contributed by atoms with E-state index >= 15 is 0 Å². The molecule has 2 rings (SSSR count). The number of hydrogen-bond donors (Lipinski definition) is 2. The third-order valence-electron chi connectivity index (χ3n) is 4.14. The normalized spacial score (nSPS) is 24.9. The SMILES string of the molecule is NNC(c1c(F)cccc1F)C1CCCC(C(F)(F)F)C1. The summed E-state index contributed by atoms with van der Waals surface area (Å²) < 4.78 is 66.2. The second-order valence-corrected chi connectivity index (χ2v) is 5.44. The standard InChI is InChI=1S/C14H17F5N2/c15-10-5-2-6-11(16)12(10)13(21-20)8-3-1-4-9(7-8)14(17,18)19/h2,5-6,8-9,13,21H,1,3-4,7,20H2. The zero-order chi connectivity index (χ0) is 15.6. The highest BCUT2D eigenvalue weighted by atomic mass is 19.4. The lowest BCUT2D eigenvalue weighted by Gasteiger charge is -2.35. The lowest BCUT2D eigenvalue weighted by molar-refractivity contribution is -0.186. The maximum Gasteiger partial charge on any atom is 0.391 e. The lowest BCUT2D eigenvalue weighted by atomic mass is 9.75. The molecule has 3 atom stereocenters. The number of hydrazine groups is 1. The van der Waals surface area contributed by atoms with Crippen LogP contribution < -0.4 is 11.3 Å². The van der Waals surface area contributed by atoms with E-state index in [1.165, 1.54) is 6.07 Å². The molecule has 0 saturated heterocycles. The van der Waals surface area contributed by atoms with Crippen LogP contribution in [0.15, 0.2) is 18.2 Å². The summed E-state index contributed by atoms with van der Waals surface area (Å²) in [6, 6.07) is 2.40. The van der Waals surface area contributed by atoms with Gasteiger partial charge in [0, 0.05) is 5.56 Å². The van der Waals surface area contributed by atoms with Gasteiger partial charge in [-0.2, -0.15) is 13.2 Å². The van der Waals surface area contributed by atoms with E-state index in [1.807, 2.05) is 0 Å². The van der Waals surface area contributed by atoms with Crippen molar-refractivity contribution in [2.75, 3.05) is 0 Å². The van der Waals surface area contributed by atoms with Crippen LogP contribution in [-0.4, -0.2) is 6.18 Å². The smallest absolute Gasteiger partial charge is 0.271 e. The van der Waals surface area contributed by atoms with Gasteiger partial charge in [-0.05, 0) is 37.3 Å². The molecule has 1 saturated carbocycles. The minimum Gasteiger partial charge on any atom is -0.271 e. The van der Waals surface area contributed by atoms with Crippen LogP contribution in [0, 0.1) is 23.5 Å². The Hall–Kier alpha value is -1.21. The van der Waals surface area contributed by atoms with Gasteiger partial charge in [-0.3, -0.25) is 11.3 Å². The second kappa shape index (κ2) is 6.27. The van der Waals surface area contributed by atoms with Crippen molar-refractivity contribution in [3.63, 3.8) is 0 Å². The highest BCUT2D eigenvalue weighted by molar-refractivity contribution is 5.24. The Morgan fingerprint density at radius 1 is 1.14 bits per heavy atom. The fourth-order valence-electron chi connectivity index (χ4n) is 3.09. The van der Waals surface area contributed by atoms with Gasteiger partial charge < -0.3 is 0 Å². The van der Waals surface area contributed by atoms with Crippen molar-refractivity contribution in [1.82, 2.24) is 5.43 Å². The van der Waals surface area contributed by atoms with Gasteiger partial charge in [0.1, 0.15) is 11.6 Å². The van der Waals surface area contributed by atoms with Crippen LogP contribution in [-0.2, 0) is 0 Å². The molecular weight excluding hydrogens is 291 g/mol. The first-order valence-electron chi connectivity index (χ1n) is 6.81.